The second kappa shape index (κ2) is 9.24. The Balaban J connectivity index is 1.51. The molecule has 2 heterocycles. The molecule has 2 aromatic carbocycles. The van der Waals surface area contributed by atoms with Gasteiger partial charge in [0.25, 0.3) is 5.91 Å². The summed E-state index contributed by atoms with van der Waals surface area (Å²) in [5.74, 6) is -0.163. The van der Waals surface area contributed by atoms with E-state index in [0.29, 0.717) is 23.7 Å². The van der Waals surface area contributed by atoms with Gasteiger partial charge in [-0.1, -0.05) is 53.6 Å². The molecule has 2 aromatic heterocycles. The molecule has 6 nitrogen and oxygen atoms in total. The van der Waals surface area contributed by atoms with Gasteiger partial charge in [0.2, 0.25) is 0 Å². The van der Waals surface area contributed by atoms with Crippen molar-refractivity contribution in [3.8, 4) is 0 Å². The molecule has 170 valence electrons. The number of halogens is 1. The summed E-state index contributed by atoms with van der Waals surface area (Å²) in [5.41, 5.74) is 8.15. The number of nitrogens with zero attached hydrogens (tertiary/aromatic N) is 4. The molecule has 0 aliphatic carbocycles. The maximum Gasteiger partial charge on any atom is 0.255 e. The molecule has 1 N–H and O–H groups in total. The maximum atomic E-state index is 13.1. The molecule has 0 saturated heterocycles. The zero-order valence-corrected chi connectivity index (χ0v) is 20.4. The van der Waals surface area contributed by atoms with Gasteiger partial charge in [-0.2, -0.15) is 10.2 Å². The normalized spacial score (nSPS) is 11.1. The zero-order valence-electron chi connectivity index (χ0n) is 19.6. The zero-order chi connectivity index (χ0) is 23.7. The molecular weight excluding hydrogens is 434 g/mol. The van der Waals surface area contributed by atoms with Gasteiger partial charge in [0.05, 0.1) is 46.6 Å². The largest absolute Gasteiger partial charge is 0.319 e. The molecular formula is C26H28ClN5O. The summed E-state index contributed by atoms with van der Waals surface area (Å²) in [6.45, 7) is 11.0. The summed E-state index contributed by atoms with van der Waals surface area (Å²) >= 11 is 6.27. The van der Waals surface area contributed by atoms with Crippen LogP contribution in [-0.4, -0.2) is 25.5 Å². The number of carbonyl (C=O) groups excluding carboxylic acids is 1. The third kappa shape index (κ3) is 4.86. The molecule has 0 radical (unpaired) electrons. The van der Waals surface area contributed by atoms with E-state index in [4.69, 9.17) is 11.6 Å². The third-order valence-corrected chi connectivity index (χ3v) is 6.43. The SMILES string of the molecule is Cc1ccc(Cn2nc(C)c(NC(=O)c3cccc(Cn4nc(C)c(Cl)c4C)c3)c2C)cc1. The minimum atomic E-state index is -0.163. The molecule has 0 spiro atoms. The van der Waals surface area contributed by atoms with E-state index in [0.717, 1.165) is 34.0 Å². The van der Waals surface area contributed by atoms with Crippen molar-refractivity contribution in [2.24, 2.45) is 0 Å². The van der Waals surface area contributed by atoms with Crippen molar-refractivity contribution < 1.29 is 4.79 Å². The summed E-state index contributed by atoms with van der Waals surface area (Å²) in [4.78, 5) is 13.1. The number of amides is 1. The van der Waals surface area contributed by atoms with Crippen molar-refractivity contribution in [3.05, 3.63) is 98.6 Å². The molecule has 0 bridgehead atoms. The maximum absolute atomic E-state index is 13.1. The number of aryl methyl sites for hydroxylation is 3. The third-order valence-electron chi connectivity index (χ3n) is 5.89. The van der Waals surface area contributed by atoms with Crippen LogP contribution in [0.2, 0.25) is 5.02 Å². The first-order valence-electron chi connectivity index (χ1n) is 10.9. The van der Waals surface area contributed by atoms with Gasteiger partial charge >= 0.3 is 0 Å². The summed E-state index contributed by atoms with van der Waals surface area (Å²) in [7, 11) is 0. The van der Waals surface area contributed by atoms with Crippen molar-refractivity contribution in [2.45, 2.75) is 47.7 Å². The summed E-state index contributed by atoms with van der Waals surface area (Å²) in [6.07, 6.45) is 0. The van der Waals surface area contributed by atoms with E-state index >= 15 is 0 Å². The molecule has 1 amide bonds. The van der Waals surface area contributed by atoms with E-state index in [1.165, 1.54) is 11.1 Å². The second-order valence-corrected chi connectivity index (χ2v) is 8.86. The fourth-order valence-electron chi connectivity index (χ4n) is 3.90. The van der Waals surface area contributed by atoms with Crippen LogP contribution in [0.1, 0.15) is 49.8 Å². The van der Waals surface area contributed by atoms with Crippen molar-refractivity contribution in [1.82, 2.24) is 19.6 Å². The number of hydrogen-bond acceptors (Lipinski definition) is 3. The van der Waals surface area contributed by atoms with E-state index in [1.807, 2.05) is 61.3 Å². The van der Waals surface area contributed by atoms with Crippen LogP contribution in [0.15, 0.2) is 48.5 Å². The highest BCUT2D eigenvalue weighted by Gasteiger charge is 2.16. The van der Waals surface area contributed by atoms with Crippen LogP contribution >= 0.6 is 11.6 Å². The van der Waals surface area contributed by atoms with Crippen molar-refractivity contribution >= 4 is 23.2 Å². The Bertz CT molecular complexity index is 1320. The molecule has 7 heteroatoms. The van der Waals surface area contributed by atoms with Crippen LogP contribution in [0.5, 0.6) is 0 Å². The quantitative estimate of drug-likeness (QED) is 0.405. The van der Waals surface area contributed by atoms with Gasteiger partial charge in [0, 0.05) is 5.56 Å². The van der Waals surface area contributed by atoms with Gasteiger partial charge in [-0.05, 0) is 57.9 Å². The van der Waals surface area contributed by atoms with E-state index < -0.39 is 0 Å². The Hall–Kier alpha value is -3.38. The van der Waals surface area contributed by atoms with E-state index in [9.17, 15) is 4.79 Å². The van der Waals surface area contributed by atoms with E-state index in [1.54, 1.807) is 0 Å². The van der Waals surface area contributed by atoms with Gasteiger partial charge in [-0.3, -0.25) is 14.2 Å². The van der Waals surface area contributed by atoms with Crippen LogP contribution < -0.4 is 5.32 Å². The average molecular weight is 462 g/mol. The minimum absolute atomic E-state index is 0.163. The topological polar surface area (TPSA) is 64.7 Å². The van der Waals surface area contributed by atoms with Crippen LogP contribution in [0.4, 0.5) is 5.69 Å². The highest BCUT2D eigenvalue weighted by molar-refractivity contribution is 6.31. The lowest BCUT2D eigenvalue weighted by molar-refractivity contribution is 0.102. The van der Waals surface area contributed by atoms with E-state index in [2.05, 4.69) is 46.7 Å². The van der Waals surface area contributed by atoms with Gasteiger partial charge in [0.15, 0.2) is 0 Å². The predicted octanol–water partition coefficient (Wildman–Crippen LogP) is 5.62. The highest BCUT2D eigenvalue weighted by atomic mass is 35.5. The number of rotatable bonds is 6. The van der Waals surface area contributed by atoms with Crippen LogP contribution in [0, 0.1) is 34.6 Å². The minimum Gasteiger partial charge on any atom is -0.319 e. The highest BCUT2D eigenvalue weighted by Crippen LogP contribution is 2.23. The number of aromatic nitrogens is 4. The van der Waals surface area contributed by atoms with Gasteiger partial charge in [-0.25, -0.2) is 0 Å². The van der Waals surface area contributed by atoms with Crippen LogP contribution in [-0.2, 0) is 13.1 Å². The second-order valence-electron chi connectivity index (χ2n) is 8.49. The molecule has 0 aliphatic heterocycles. The fourth-order valence-corrected chi connectivity index (χ4v) is 4.03. The number of anilines is 1. The predicted molar refractivity (Wildman–Crippen MR) is 132 cm³/mol. The summed E-state index contributed by atoms with van der Waals surface area (Å²) < 4.78 is 3.79. The number of carbonyl (C=O) groups is 1. The van der Waals surface area contributed by atoms with Crippen molar-refractivity contribution in [2.75, 3.05) is 5.32 Å². The van der Waals surface area contributed by atoms with Crippen LogP contribution in [0.3, 0.4) is 0 Å². The number of benzene rings is 2. The summed E-state index contributed by atoms with van der Waals surface area (Å²) in [5, 5.41) is 12.9. The first kappa shape index (κ1) is 22.8. The molecule has 0 atom stereocenters. The monoisotopic (exact) mass is 461 g/mol. The Morgan fingerprint density at radius 2 is 1.48 bits per heavy atom. The fraction of sp³-hybridized carbons (Fsp3) is 0.269. The van der Waals surface area contributed by atoms with Crippen molar-refractivity contribution in [1.29, 1.82) is 0 Å². The lowest BCUT2D eigenvalue weighted by Crippen LogP contribution is -2.14. The molecule has 33 heavy (non-hydrogen) atoms. The van der Waals surface area contributed by atoms with Gasteiger partial charge in [0.1, 0.15) is 0 Å². The first-order valence-corrected chi connectivity index (χ1v) is 11.3. The standard InChI is InChI=1S/C26H28ClN5O/c1-16-9-11-21(12-10-16)14-32-20(5)25(18(3)30-32)28-26(33)23-8-6-7-22(13-23)15-31-19(4)24(27)17(2)29-31/h6-13H,14-15H2,1-5H3,(H,28,33). The summed E-state index contributed by atoms with van der Waals surface area (Å²) in [6, 6.07) is 16.0. The Kier molecular flexibility index (Phi) is 6.38. The molecule has 4 aromatic rings. The first-order chi connectivity index (χ1) is 15.7. The molecule has 4 rings (SSSR count). The Labute approximate surface area is 199 Å². The average Bonchev–Trinajstić information content (AvgIpc) is 3.19. The van der Waals surface area contributed by atoms with Gasteiger partial charge < -0.3 is 5.32 Å². The van der Waals surface area contributed by atoms with Crippen molar-refractivity contribution in [3.63, 3.8) is 0 Å². The number of hydrogen-bond donors (Lipinski definition) is 1. The lowest BCUT2D eigenvalue weighted by atomic mass is 10.1. The number of nitrogens with one attached hydrogen (secondary N) is 1. The smallest absolute Gasteiger partial charge is 0.255 e. The molecule has 0 unspecified atom stereocenters. The van der Waals surface area contributed by atoms with Gasteiger partial charge in [-0.15, -0.1) is 0 Å². The molecule has 0 fully saturated rings. The Morgan fingerprint density at radius 3 is 2.15 bits per heavy atom. The Morgan fingerprint density at radius 1 is 0.848 bits per heavy atom. The lowest BCUT2D eigenvalue weighted by Gasteiger charge is -2.09. The van der Waals surface area contributed by atoms with E-state index in [-0.39, 0.29) is 5.91 Å². The van der Waals surface area contributed by atoms with Crippen LogP contribution in [0.25, 0.3) is 0 Å². The molecule has 0 aliphatic rings. The molecule has 0 saturated carbocycles.